The Bertz CT molecular complexity index is 444. The summed E-state index contributed by atoms with van der Waals surface area (Å²) in [5.74, 6) is -1.29. The summed E-state index contributed by atoms with van der Waals surface area (Å²) in [7, 11) is 0. The number of hydrogen-bond donors (Lipinski definition) is 3. The van der Waals surface area contributed by atoms with E-state index < -0.39 is 12.0 Å². The molecule has 0 heterocycles. The first-order valence-corrected chi connectivity index (χ1v) is 6.80. The fourth-order valence-corrected chi connectivity index (χ4v) is 1.61. The molecule has 5 nitrogen and oxygen atoms in total. The van der Waals surface area contributed by atoms with Gasteiger partial charge in [0.1, 0.15) is 18.1 Å². The van der Waals surface area contributed by atoms with Gasteiger partial charge in [0.15, 0.2) is 0 Å². The van der Waals surface area contributed by atoms with Gasteiger partial charge in [-0.25, -0.2) is 4.39 Å². The molecule has 0 aliphatic carbocycles. The molecule has 0 amide bonds. The highest BCUT2D eigenvalue weighted by molar-refractivity contribution is 9.10. The number of benzene rings is 1. The van der Waals surface area contributed by atoms with E-state index in [1.54, 1.807) is 0 Å². The predicted molar refractivity (Wildman–Crippen MR) is 78.0 cm³/mol. The number of halogens is 2. The summed E-state index contributed by atoms with van der Waals surface area (Å²) in [6.45, 7) is 0.604. The molecule has 1 aromatic carbocycles. The molecule has 0 fully saturated rings. The highest BCUT2D eigenvalue weighted by Crippen LogP contribution is 2.15. The summed E-state index contributed by atoms with van der Waals surface area (Å²) in [5, 5.41) is 8.33. The van der Waals surface area contributed by atoms with Crippen molar-refractivity contribution in [2.24, 2.45) is 11.5 Å². The van der Waals surface area contributed by atoms with Crippen LogP contribution in [0.3, 0.4) is 0 Å². The lowest BCUT2D eigenvalue weighted by atomic mass is 10.1. The molecular formula is C13H18BrFN2O3. The molecule has 1 aromatic rings. The van der Waals surface area contributed by atoms with Gasteiger partial charge in [0.05, 0.1) is 4.47 Å². The van der Waals surface area contributed by atoms with Gasteiger partial charge in [-0.3, -0.25) is 9.59 Å². The molecule has 1 rings (SSSR count). The molecule has 112 valence electrons. The minimum Gasteiger partial charge on any atom is -0.480 e. The van der Waals surface area contributed by atoms with Crippen LogP contribution < -0.4 is 11.5 Å². The molecule has 1 atom stereocenters. The van der Waals surface area contributed by atoms with Gasteiger partial charge in [-0.05, 0) is 53.5 Å². The van der Waals surface area contributed by atoms with Crippen LogP contribution in [0.4, 0.5) is 4.39 Å². The largest absolute Gasteiger partial charge is 0.480 e. The van der Waals surface area contributed by atoms with E-state index in [2.05, 4.69) is 15.9 Å². The third kappa shape index (κ3) is 7.98. The summed E-state index contributed by atoms with van der Waals surface area (Å²) < 4.78 is 12.8. The van der Waals surface area contributed by atoms with Gasteiger partial charge in [0.2, 0.25) is 0 Å². The summed E-state index contributed by atoms with van der Waals surface area (Å²) >= 11 is 2.95. The molecule has 5 N–H and O–H groups in total. The minimum absolute atomic E-state index is 0.317. The highest BCUT2D eigenvalue weighted by Gasteiger charge is 2.09. The van der Waals surface area contributed by atoms with Gasteiger partial charge in [0, 0.05) is 5.56 Å². The molecule has 20 heavy (non-hydrogen) atoms. The second-order valence-corrected chi connectivity index (χ2v) is 4.87. The number of carboxylic acids is 1. The van der Waals surface area contributed by atoms with Crippen LogP contribution in [0.5, 0.6) is 0 Å². The van der Waals surface area contributed by atoms with Crippen molar-refractivity contribution >= 4 is 28.2 Å². The molecule has 0 radical (unpaired) electrons. The first-order valence-electron chi connectivity index (χ1n) is 6.01. The van der Waals surface area contributed by atoms with Crippen LogP contribution in [-0.4, -0.2) is 29.9 Å². The molecule has 0 saturated heterocycles. The van der Waals surface area contributed by atoms with Crippen molar-refractivity contribution in [2.75, 3.05) is 6.54 Å². The first-order chi connectivity index (χ1) is 9.42. The SMILES string of the molecule is NCCCCC(N)C(=O)O.O=Cc1ccc(F)c(Br)c1. The summed E-state index contributed by atoms with van der Waals surface area (Å²) in [6.07, 6.45) is 2.84. The lowest BCUT2D eigenvalue weighted by molar-refractivity contribution is -0.138. The fourth-order valence-electron chi connectivity index (χ4n) is 1.22. The maximum Gasteiger partial charge on any atom is 0.320 e. The van der Waals surface area contributed by atoms with Gasteiger partial charge in [-0.15, -0.1) is 0 Å². The van der Waals surface area contributed by atoms with Crippen LogP contribution in [0.25, 0.3) is 0 Å². The zero-order valence-corrected chi connectivity index (χ0v) is 12.5. The lowest BCUT2D eigenvalue weighted by Gasteiger charge is -2.03. The number of aldehydes is 1. The van der Waals surface area contributed by atoms with Gasteiger partial charge in [0.25, 0.3) is 0 Å². The Morgan fingerprint density at radius 2 is 2.10 bits per heavy atom. The first kappa shape index (κ1) is 18.7. The van der Waals surface area contributed by atoms with E-state index in [4.69, 9.17) is 16.6 Å². The van der Waals surface area contributed by atoms with Crippen molar-refractivity contribution in [3.05, 3.63) is 34.1 Å². The van der Waals surface area contributed by atoms with E-state index in [1.807, 2.05) is 0 Å². The predicted octanol–water partition coefficient (Wildman–Crippen LogP) is 1.93. The second kappa shape index (κ2) is 10.5. The molecule has 0 saturated carbocycles. The van der Waals surface area contributed by atoms with Crippen molar-refractivity contribution in [3.63, 3.8) is 0 Å². The van der Waals surface area contributed by atoms with Crippen molar-refractivity contribution in [3.8, 4) is 0 Å². The van der Waals surface area contributed by atoms with E-state index in [1.165, 1.54) is 18.2 Å². The third-order valence-corrected chi connectivity index (χ3v) is 2.97. The van der Waals surface area contributed by atoms with E-state index in [0.717, 1.165) is 12.8 Å². The molecule has 1 unspecified atom stereocenters. The summed E-state index contributed by atoms with van der Waals surface area (Å²) in [6, 6.07) is 3.38. The molecule has 0 spiro atoms. The lowest BCUT2D eigenvalue weighted by Crippen LogP contribution is -2.29. The van der Waals surface area contributed by atoms with Crippen LogP contribution in [-0.2, 0) is 4.79 Å². The van der Waals surface area contributed by atoms with E-state index in [0.29, 0.717) is 29.3 Å². The molecular weight excluding hydrogens is 331 g/mol. The van der Waals surface area contributed by atoms with E-state index in [-0.39, 0.29) is 5.82 Å². The van der Waals surface area contributed by atoms with E-state index >= 15 is 0 Å². The Balaban J connectivity index is 0.000000361. The Hall–Kier alpha value is -1.31. The van der Waals surface area contributed by atoms with Crippen LogP contribution in [0.2, 0.25) is 0 Å². The monoisotopic (exact) mass is 348 g/mol. The van der Waals surface area contributed by atoms with Crippen molar-refractivity contribution < 1.29 is 19.1 Å². The quantitative estimate of drug-likeness (QED) is 0.537. The Kier molecular flexibility index (Phi) is 9.79. The number of unbranched alkanes of at least 4 members (excludes halogenated alkanes) is 1. The summed E-state index contributed by atoms with van der Waals surface area (Å²) in [5.41, 5.74) is 10.9. The average molecular weight is 349 g/mol. The third-order valence-electron chi connectivity index (χ3n) is 2.37. The number of aliphatic carboxylic acids is 1. The topological polar surface area (TPSA) is 106 Å². The van der Waals surface area contributed by atoms with Crippen LogP contribution >= 0.6 is 15.9 Å². The Labute approximate surface area is 125 Å². The zero-order chi connectivity index (χ0) is 15.5. The van der Waals surface area contributed by atoms with Gasteiger partial charge in [-0.2, -0.15) is 0 Å². The van der Waals surface area contributed by atoms with E-state index in [9.17, 15) is 14.0 Å². The molecule has 0 bridgehead atoms. The molecule has 7 heteroatoms. The molecule has 0 aliphatic heterocycles. The number of nitrogens with two attached hydrogens (primary N) is 2. The molecule has 0 aliphatic rings. The standard InChI is InChI=1S/C7H4BrFO.C6H14N2O2/c8-6-3-5(4-10)1-2-7(6)9;7-4-2-1-3-5(8)6(9)10/h1-4H;5H,1-4,7-8H2,(H,9,10). The number of carbonyl (C=O) groups is 2. The second-order valence-electron chi connectivity index (χ2n) is 4.02. The number of carbonyl (C=O) groups excluding carboxylic acids is 1. The van der Waals surface area contributed by atoms with Gasteiger partial charge >= 0.3 is 5.97 Å². The number of rotatable bonds is 6. The highest BCUT2D eigenvalue weighted by atomic mass is 79.9. The maximum atomic E-state index is 12.5. The number of carboxylic acid groups (broad SMARTS) is 1. The fraction of sp³-hybridized carbons (Fsp3) is 0.385. The van der Waals surface area contributed by atoms with Crippen molar-refractivity contribution in [1.82, 2.24) is 0 Å². The average Bonchev–Trinajstić information content (AvgIpc) is 2.42. The van der Waals surface area contributed by atoms with Crippen molar-refractivity contribution in [1.29, 1.82) is 0 Å². The smallest absolute Gasteiger partial charge is 0.320 e. The number of hydrogen-bond acceptors (Lipinski definition) is 4. The Morgan fingerprint density at radius 1 is 1.45 bits per heavy atom. The van der Waals surface area contributed by atoms with Crippen LogP contribution in [0.1, 0.15) is 29.6 Å². The maximum absolute atomic E-state index is 12.5. The van der Waals surface area contributed by atoms with Crippen LogP contribution in [0.15, 0.2) is 22.7 Å². The summed E-state index contributed by atoms with van der Waals surface area (Å²) in [4.78, 5) is 20.3. The van der Waals surface area contributed by atoms with Crippen molar-refractivity contribution in [2.45, 2.75) is 25.3 Å². The zero-order valence-electron chi connectivity index (χ0n) is 10.9. The van der Waals surface area contributed by atoms with Gasteiger partial charge in [-0.1, -0.05) is 6.42 Å². The minimum atomic E-state index is -0.933. The molecule has 0 aromatic heterocycles. The Morgan fingerprint density at radius 3 is 2.55 bits per heavy atom. The normalized spacial score (nSPS) is 11.2. The van der Waals surface area contributed by atoms with Gasteiger partial charge < -0.3 is 16.6 Å². The van der Waals surface area contributed by atoms with Crippen LogP contribution in [0, 0.1) is 5.82 Å².